The monoisotopic (exact) mass is 429 g/mol. The number of furan rings is 1. The molecule has 1 aromatic carbocycles. The molecule has 0 aliphatic heterocycles. The second-order valence-electron chi connectivity index (χ2n) is 5.60. The van der Waals surface area contributed by atoms with Crippen molar-refractivity contribution in [1.82, 2.24) is 0 Å². The van der Waals surface area contributed by atoms with E-state index in [9.17, 15) is 19.6 Å². The number of carbonyl (C=O) groups is 3. The average molecular weight is 429 g/mol. The molecule has 0 saturated heterocycles. The van der Waals surface area contributed by atoms with Crippen LogP contribution < -0.4 is 9.47 Å². The molecule has 162 valence electrons. The van der Waals surface area contributed by atoms with Gasteiger partial charge in [-0.15, -0.1) is 0 Å². The molecule has 0 unspecified atom stereocenters. The van der Waals surface area contributed by atoms with E-state index in [0.717, 1.165) is 0 Å². The lowest BCUT2D eigenvalue weighted by Gasteiger charge is -2.11. The third kappa shape index (κ3) is 7.25. The molecule has 0 saturated carbocycles. The van der Waals surface area contributed by atoms with Crippen molar-refractivity contribution in [1.29, 1.82) is 5.26 Å². The third-order valence-electron chi connectivity index (χ3n) is 3.46. The summed E-state index contributed by atoms with van der Waals surface area (Å²) in [7, 11) is 0. The number of ether oxygens (including phenoxy) is 5. The van der Waals surface area contributed by atoms with Crippen LogP contribution in [0.3, 0.4) is 0 Å². The van der Waals surface area contributed by atoms with Gasteiger partial charge in [-0.2, -0.15) is 5.26 Å². The van der Waals surface area contributed by atoms with Crippen LogP contribution in [0.2, 0.25) is 0 Å². The maximum absolute atomic E-state index is 12.2. The van der Waals surface area contributed by atoms with Gasteiger partial charge in [-0.25, -0.2) is 14.4 Å². The van der Waals surface area contributed by atoms with E-state index in [0.29, 0.717) is 11.3 Å². The highest BCUT2D eigenvalue weighted by Crippen LogP contribution is 2.30. The van der Waals surface area contributed by atoms with Crippen molar-refractivity contribution >= 4 is 24.4 Å². The third-order valence-corrected chi connectivity index (χ3v) is 3.46. The number of carbonyl (C=O) groups excluding carboxylic acids is 3. The van der Waals surface area contributed by atoms with Gasteiger partial charge in [0.1, 0.15) is 24.0 Å². The zero-order chi connectivity index (χ0) is 22.6. The van der Waals surface area contributed by atoms with E-state index in [2.05, 4.69) is 0 Å². The Morgan fingerprint density at radius 3 is 2.26 bits per heavy atom. The fourth-order valence-electron chi connectivity index (χ4n) is 2.17. The van der Waals surface area contributed by atoms with Crippen molar-refractivity contribution < 1.29 is 42.5 Å². The number of nitrogens with zero attached hydrogens (tertiary/aromatic N) is 1. The summed E-state index contributed by atoms with van der Waals surface area (Å²) in [6, 6.07) is 9.01. The molecule has 0 bridgehead atoms. The standard InChI is InChI=1S/C21H19NO9/c1-3-26-20(24)30-17-8-7-14(11-18(17)31-21(25)27-4-2)10-15(12-22)19(23)29-13-16-6-5-9-28-16/h5-11H,3-4,13H2,1-2H3. The Hall–Kier alpha value is -4.26. The van der Waals surface area contributed by atoms with Crippen LogP contribution in [0.4, 0.5) is 9.59 Å². The van der Waals surface area contributed by atoms with Gasteiger partial charge in [0, 0.05) is 0 Å². The zero-order valence-electron chi connectivity index (χ0n) is 16.8. The van der Waals surface area contributed by atoms with E-state index in [1.54, 1.807) is 32.0 Å². The average Bonchev–Trinajstić information content (AvgIpc) is 3.26. The van der Waals surface area contributed by atoms with Gasteiger partial charge in [0.05, 0.1) is 19.5 Å². The topological polar surface area (TPSA) is 134 Å². The van der Waals surface area contributed by atoms with Crippen LogP contribution in [0, 0.1) is 11.3 Å². The van der Waals surface area contributed by atoms with Crippen molar-refractivity contribution in [2.45, 2.75) is 20.5 Å². The number of esters is 1. The Kier molecular flexibility index (Phi) is 8.67. The molecule has 2 rings (SSSR count). The largest absolute Gasteiger partial charge is 0.513 e. The number of hydrogen-bond donors (Lipinski definition) is 0. The quantitative estimate of drug-likeness (QED) is 0.199. The first-order valence-corrected chi connectivity index (χ1v) is 9.11. The Morgan fingerprint density at radius 2 is 1.68 bits per heavy atom. The van der Waals surface area contributed by atoms with Gasteiger partial charge < -0.3 is 28.1 Å². The van der Waals surface area contributed by atoms with E-state index in [1.807, 2.05) is 0 Å². The van der Waals surface area contributed by atoms with Gasteiger partial charge in [0.2, 0.25) is 0 Å². The summed E-state index contributed by atoms with van der Waals surface area (Å²) in [5.41, 5.74) is -0.0188. The molecule has 0 radical (unpaired) electrons. The molecule has 31 heavy (non-hydrogen) atoms. The van der Waals surface area contributed by atoms with Crippen LogP contribution in [0.15, 0.2) is 46.6 Å². The van der Waals surface area contributed by atoms with Crippen molar-refractivity contribution in [3.63, 3.8) is 0 Å². The molecule has 10 nitrogen and oxygen atoms in total. The van der Waals surface area contributed by atoms with Gasteiger partial charge in [0.25, 0.3) is 0 Å². The van der Waals surface area contributed by atoms with Crippen molar-refractivity contribution in [2.75, 3.05) is 13.2 Å². The van der Waals surface area contributed by atoms with Crippen LogP contribution in [-0.2, 0) is 25.6 Å². The molecule has 0 amide bonds. The maximum Gasteiger partial charge on any atom is 0.513 e. The summed E-state index contributed by atoms with van der Waals surface area (Å²) in [4.78, 5) is 35.5. The summed E-state index contributed by atoms with van der Waals surface area (Å²) in [6.07, 6.45) is 0.612. The second kappa shape index (κ2) is 11.7. The molecular weight excluding hydrogens is 410 g/mol. The van der Waals surface area contributed by atoms with Gasteiger partial charge in [-0.05, 0) is 49.8 Å². The minimum atomic E-state index is -1.03. The highest BCUT2D eigenvalue weighted by atomic mass is 16.7. The molecule has 0 N–H and O–H groups in total. The first-order chi connectivity index (χ1) is 15.0. The van der Waals surface area contributed by atoms with Crippen LogP contribution >= 0.6 is 0 Å². The predicted octanol–water partition coefficient (Wildman–Crippen LogP) is 4.00. The van der Waals surface area contributed by atoms with Gasteiger partial charge >= 0.3 is 18.3 Å². The second-order valence-corrected chi connectivity index (χ2v) is 5.60. The molecular formula is C21H19NO9. The summed E-state index contributed by atoms with van der Waals surface area (Å²) >= 11 is 0. The zero-order valence-corrected chi connectivity index (χ0v) is 16.8. The summed E-state index contributed by atoms with van der Waals surface area (Å²) < 4.78 is 29.5. The number of rotatable bonds is 8. The minimum Gasteiger partial charge on any atom is -0.466 e. The first-order valence-electron chi connectivity index (χ1n) is 9.11. The maximum atomic E-state index is 12.2. The highest BCUT2D eigenvalue weighted by Gasteiger charge is 2.17. The highest BCUT2D eigenvalue weighted by molar-refractivity contribution is 5.98. The fourth-order valence-corrected chi connectivity index (χ4v) is 2.17. The summed E-state index contributed by atoms with van der Waals surface area (Å²) in [5, 5.41) is 9.30. The Labute approximate surface area is 177 Å². The van der Waals surface area contributed by atoms with E-state index in [4.69, 9.17) is 28.1 Å². The lowest BCUT2D eigenvalue weighted by Crippen LogP contribution is -2.14. The van der Waals surface area contributed by atoms with Crippen molar-refractivity contribution in [3.8, 4) is 17.6 Å². The minimum absolute atomic E-state index is 0.0621. The van der Waals surface area contributed by atoms with Crippen LogP contribution in [0.1, 0.15) is 25.2 Å². The normalized spacial score (nSPS) is 10.5. The van der Waals surface area contributed by atoms with Gasteiger partial charge in [0.15, 0.2) is 11.5 Å². The Morgan fingerprint density at radius 1 is 1.00 bits per heavy atom. The van der Waals surface area contributed by atoms with E-state index < -0.39 is 18.3 Å². The molecule has 0 fully saturated rings. The predicted molar refractivity (Wildman–Crippen MR) is 104 cm³/mol. The lowest BCUT2D eigenvalue weighted by molar-refractivity contribution is -0.140. The SMILES string of the molecule is CCOC(=O)Oc1ccc(C=C(C#N)C(=O)OCc2ccco2)cc1OC(=O)OCC. The molecule has 0 spiro atoms. The number of nitriles is 1. The van der Waals surface area contributed by atoms with Crippen molar-refractivity contribution in [3.05, 3.63) is 53.5 Å². The van der Waals surface area contributed by atoms with E-state index in [-0.39, 0.29) is 36.9 Å². The summed E-state index contributed by atoms with van der Waals surface area (Å²) in [6.45, 7) is 3.18. The van der Waals surface area contributed by atoms with Crippen LogP contribution in [-0.4, -0.2) is 31.5 Å². The molecule has 0 aliphatic carbocycles. The summed E-state index contributed by atoms with van der Waals surface area (Å²) in [5.74, 6) is -0.765. The van der Waals surface area contributed by atoms with E-state index in [1.165, 1.54) is 30.5 Å². The fraction of sp³-hybridized carbons (Fsp3) is 0.238. The lowest BCUT2D eigenvalue weighted by atomic mass is 10.1. The molecule has 2 aromatic rings. The molecule has 1 heterocycles. The smallest absolute Gasteiger partial charge is 0.466 e. The van der Waals surface area contributed by atoms with Crippen molar-refractivity contribution in [2.24, 2.45) is 0 Å². The molecule has 1 aromatic heterocycles. The number of benzene rings is 1. The van der Waals surface area contributed by atoms with Crippen LogP contribution in [0.5, 0.6) is 11.5 Å². The van der Waals surface area contributed by atoms with E-state index >= 15 is 0 Å². The Balaban J connectivity index is 2.24. The van der Waals surface area contributed by atoms with Gasteiger partial charge in [-0.3, -0.25) is 0 Å². The molecule has 0 atom stereocenters. The van der Waals surface area contributed by atoms with Gasteiger partial charge in [-0.1, -0.05) is 6.07 Å². The Bertz CT molecular complexity index is 987. The number of hydrogen-bond acceptors (Lipinski definition) is 10. The first kappa shape index (κ1) is 23.0. The molecule has 10 heteroatoms. The van der Waals surface area contributed by atoms with Crippen LogP contribution in [0.25, 0.3) is 6.08 Å². The molecule has 0 aliphatic rings.